The first-order chi connectivity index (χ1) is 7.68. The van der Waals surface area contributed by atoms with Crippen LogP contribution < -0.4 is 5.32 Å². The van der Waals surface area contributed by atoms with E-state index in [0.29, 0.717) is 0 Å². The Labute approximate surface area is 97.4 Å². The maximum Gasteiger partial charge on any atom is 0.405 e. The Morgan fingerprint density at radius 1 is 1.47 bits per heavy atom. The first-order valence-electron chi connectivity index (χ1n) is 5.11. The van der Waals surface area contributed by atoms with E-state index >= 15 is 0 Å². The van der Waals surface area contributed by atoms with Crippen molar-refractivity contribution >= 4 is 5.97 Å². The third-order valence-corrected chi connectivity index (χ3v) is 2.12. The van der Waals surface area contributed by atoms with Gasteiger partial charge >= 0.3 is 12.1 Å². The van der Waals surface area contributed by atoms with Gasteiger partial charge in [-0.1, -0.05) is 13.8 Å². The van der Waals surface area contributed by atoms with Gasteiger partial charge in [0.05, 0.1) is 6.07 Å². The Morgan fingerprint density at radius 2 is 2.00 bits per heavy atom. The number of carboxylic acids is 1. The fraction of sp³-hybridized carbons (Fsp3) is 0.800. The lowest BCUT2D eigenvalue weighted by molar-refractivity contribution is -0.159. The van der Waals surface area contributed by atoms with Gasteiger partial charge in [-0.25, -0.2) is 0 Å². The minimum atomic E-state index is -4.64. The molecule has 4 nitrogen and oxygen atoms in total. The number of nitriles is 1. The monoisotopic (exact) mass is 252 g/mol. The van der Waals surface area contributed by atoms with E-state index in [4.69, 9.17) is 10.4 Å². The molecule has 0 saturated heterocycles. The zero-order valence-electron chi connectivity index (χ0n) is 9.58. The Morgan fingerprint density at radius 3 is 2.29 bits per heavy atom. The summed E-state index contributed by atoms with van der Waals surface area (Å²) in [5, 5.41) is 19.4. The molecule has 0 spiro atoms. The second kappa shape index (κ2) is 6.45. The molecule has 0 aromatic heterocycles. The predicted octanol–water partition coefficient (Wildman–Crippen LogP) is 1.78. The van der Waals surface area contributed by atoms with Crippen LogP contribution in [0.15, 0.2) is 0 Å². The molecule has 0 rings (SSSR count). The molecular weight excluding hydrogens is 237 g/mol. The van der Waals surface area contributed by atoms with Crippen molar-refractivity contribution < 1.29 is 23.1 Å². The smallest absolute Gasteiger partial charge is 0.405 e. The zero-order valence-corrected chi connectivity index (χ0v) is 9.58. The quantitative estimate of drug-likeness (QED) is 0.755. The fourth-order valence-electron chi connectivity index (χ4n) is 1.24. The summed E-state index contributed by atoms with van der Waals surface area (Å²) in [6, 6.07) is 0.0473. The van der Waals surface area contributed by atoms with Gasteiger partial charge < -0.3 is 10.4 Å². The maximum absolute atomic E-state index is 12.2. The van der Waals surface area contributed by atoms with E-state index in [2.05, 4.69) is 5.32 Å². The fourth-order valence-corrected chi connectivity index (χ4v) is 1.24. The van der Waals surface area contributed by atoms with E-state index in [0.717, 1.165) is 6.07 Å². The summed E-state index contributed by atoms with van der Waals surface area (Å²) >= 11 is 0. The second-order valence-corrected chi connectivity index (χ2v) is 4.15. The summed E-state index contributed by atoms with van der Waals surface area (Å²) in [4.78, 5) is 10.8. The molecule has 0 aliphatic rings. The highest BCUT2D eigenvalue weighted by molar-refractivity contribution is 5.73. The lowest BCUT2D eigenvalue weighted by Gasteiger charge is -2.19. The van der Waals surface area contributed by atoms with Gasteiger partial charge in [0.15, 0.2) is 5.92 Å². The van der Waals surface area contributed by atoms with Gasteiger partial charge in [0.25, 0.3) is 0 Å². The molecule has 0 amide bonds. The van der Waals surface area contributed by atoms with Crippen LogP contribution in [0, 0.1) is 23.2 Å². The van der Waals surface area contributed by atoms with Crippen molar-refractivity contribution in [2.45, 2.75) is 32.5 Å². The van der Waals surface area contributed by atoms with Crippen LogP contribution in [0.5, 0.6) is 0 Å². The van der Waals surface area contributed by atoms with Crippen molar-refractivity contribution in [3.63, 3.8) is 0 Å². The molecule has 0 aliphatic carbocycles. The number of rotatable bonds is 6. The predicted molar refractivity (Wildman–Crippen MR) is 54.0 cm³/mol. The first-order valence-corrected chi connectivity index (χ1v) is 5.11. The van der Waals surface area contributed by atoms with Crippen molar-refractivity contribution in [1.82, 2.24) is 5.32 Å². The molecular formula is C10H15F3N2O2. The third kappa shape index (κ3) is 6.12. The standard InChI is InChI=1S/C10H15F3N2O2/c1-6(2)3-8(9(16)17)15-5-7(4-14)10(11,12)13/h6-8,15H,3,5H2,1-2H3,(H,16,17). The Hall–Kier alpha value is -1.29. The number of hydrogen-bond acceptors (Lipinski definition) is 3. The average Bonchev–Trinajstić information content (AvgIpc) is 2.13. The lowest BCUT2D eigenvalue weighted by Crippen LogP contribution is -2.43. The molecule has 0 saturated carbocycles. The van der Waals surface area contributed by atoms with E-state index in [1.54, 1.807) is 13.8 Å². The van der Waals surface area contributed by atoms with Crippen LogP contribution in [-0.2, 0) is 4.79 Å². The van der Waals surface area contributed by atoms with Gasteiger partial charge in [-0.2, -0.15) is 18.4 Å². The molecule has 0 bridgehead atoms. The third-order valence-electron chi connectivity index (χ3n) is 2.12. The molecule has 7 heteroatoms. The van der Waals surface area contributed by atoms with Crippen LogP contribution in [0.1, 0.15) is 20.3 Å². The highest BCUT2D eigenvalue weighted by Gasteiger charge is 2.40. The average molecular weight is 252 g/mol. The van der Waals surface area contributed by atoms with E-state index < -0.39 is 30.7 Å². The molecule has 0 aromatic rings. The van der Waals surface area contributed by atoms with Crippen molar-refractivity contribution in [2.75, 3.05) is 6.54 Å². The van der Waals surface area contributed by atoms with E-state index in [1.165, 1.54) is 0 Å². The van der Waals surface area contributed by atoms with Gasteiger partial charge in [-0.3, -0.25) is 4.79 Å². The largest absolute Gasteiger partial charge is 0.480 e. The van der Waals surface area contributed by atoms with Crippen LogP contribution in [0.2, 0.25) is 0 Å². The number of alkyl halides is 3. The molecule has 2 atom stereocenters. The molecule has 2 N–H and O–H groups in total. The van der Waals surface area contributed by atoms with Gasteiger partial charge in [-0.05, 0) is 12.3 Å². The van der Waals surface area contributed by atoms with Crippen LogP contribution >= 0.6 is 0 Å². The molecule has 0 heterocycles. The number of carboxylic acid groups (broad SMARTS) is 1. The molecule has 0 aliphatic heterocycles. The number of carbonyl (C=O) groups is 1. The number of nitrogens with zero attached hydrogens (tertiary/aromatic N) is 1. The van der Waals surface area contributed by atoms with Gasteiger partial charge in [0, 0.05) is 6.54 Å². The number of halogens is 3. The molecule has 0 aromatic carbocycles. The molecule has 98 valence electrons. The van der Waals surface area contributed by atoms with Crippen molar-refractivity contribution in [2.24, 2.45) is 11.8 Å². The summed E-state index contributed by atoms with van der Waals surface area (Å²) in [6.45, 7) is 2.83. The summed E-state index contributed by atoms with van der Waals surface area (Å²) in [6.07, 6.45) is -4.42. The second-order valence-electron chi connectivity index (χ2n) is 4.15. The van der Waals surface area contributed by atoms with Crippen molar-refractivity contribution in [3.8, 4) is 6.07 Å². The minimum Gasteiger partial charge on any atom is -0.480 e. The van der Waals surface area contributed by atoms with E-state index in [1.807, 2.05) is 0 Å². The van der Waals surface area contributed by atoms with Gasteiger partial charge in [0.2, 0.25) is 0 Å². The molecule has 0 radical (unpaired) electrons. The van der Waals surface area contributed by atoms with Crippen LogP contribution in [0.25, 0.3) is 0 Å². The van der Waals surface area contributed by atoms with Crippen LogP contribution in [0.3, 0.4) is 0 Å². The highest BCUT2D eigenvalue weighted by atomic mass is 19.4. The minimum absolute atomic E-state index is 0.0371. The molecule has 0 fully saturated rings. The first kappa shape index (κ1) is 15.7. The Balaban J connectivity index is 4.40. The number of aliphatic carboxylic acids is 1. The van der Waals surface area contributed by atoms with Crippen molar-refractivity contribution in [1.29, 1.82) is 5.26 Å². The maximum atomic E-state index is 12.2. The zero-order chi connectivity index (χ0) is 13.6. The lowest BCUT2D eigenvalue weighted by atomic mass is 10.0. The van der Waals surface area contributed by atoms with E-state index in [9.17, 15) is 18.0 Å². The summed E-state index contributed by atoms with van der Waals surface area (Å²) in [5.74, 6) is -3.36. The normalized spacial score (nSPS) is 15.4. The summed E-state index contributed by atoms with van der Waals surface area (Å²) in [5.41, 5.74) is 0. The number of hydrogen-bond donors (Lipinski definition) is 2. The SMILES string of the molecule is CC(C)CC(NCC(C#N)C(F)(F)F)C(=O)O. The van der Waals surface area contributed by atoms with Crippen LogP contribution in [-0.4, -0.2) is 29.8 Å². The topological polar surface area (TPSA) is 73.1 Å². The van der Waals surface area contributed by atoms with Gasteiger partial charge in [-0.15, -0.1) is 0 Å². The number of nitrogens with one attached hydrogen (secondary N) is 1. The Bertz CT molecular complexity index is 297. The summed E-state index contributed by atoms with van der Waals surface area (Å²) < 4.78 is 36.7. The Kier molecular flexibility index (Phi) is 5.96. The molecule has 2 unspecified atom stereocenters. The van der Waals surface area contributed by atoms with Crippen molar-refractivity contribution in [3.05, 3.63) is 0 Å². The van der Waals surface area contributed by atoms with Gasteiger partial charge in [0.1, 0.15) is 6.04 Å². The summed E-state index contributed by atoms with van der Waals surface area (Å²) in [7, 11) is 0. The molecule has 17 heavy (non-hydrogen) atoms. The van der Waals surface area contributed by atoms with Crippen LogP contribution in [0.4, 0.5) is 13.2 Å². The van der Waals surface area contributed by atoms with E-state index in [-0.39, 0.29) is 12.3 Å². The highest BCUT2D eigenvalue weighted by Crippen LogP contribution is 2.25.